The number of amides is 1. The van der Waals surface area contributed by atoms with E-state index in [1.54, 1.807) is 17.8 Å². The number of rotatable bonds is 6. The van der Waals surface area contributed by atoms with Crippen LogP contribution in [0.3, 0.4) is 0 Å². The van der Waals surface area contributed by atoms with Gasteiger partial charge in [0.05, 0.1) is 16.6 Å². The molecule has 0 bridgehead atoms. The number of benzene rings is 2. The van der Waals surface area contributed by atoms with Crippen molar-refractivity contribution in [2.24, 2.45) is 0 Å². The van der Waals surface area contributed by atoms with Crippen molar-refractivity contribution in [2.45, 2.75) is 23.8 Å². The summed E-state index contributed by atoms with van der Waals surface area (Å²) in [7, 11) is 0. The Kier molecular flexibility index (Phi) is 6.87. The second-order valence-electron chi connectivity index (χ2n) is 6.37. The van der Waals surface area contributed by atoms with Gasteiger partial charge < -0.3 is 5.32 Å². The Bertz CT molecular complexity index is 778. The van der Waals surface area contributed by atoms with Gasteiger partial charge in [-0.15, -0.1) is 11.8 Å². The molecule has 3 nitrogen and oxygen atoms in total. The highest BCUT2D eigenvalue weighted by Gasteiger charge is 2.24. The zero-order valence-corrected chi connectivity index (χ0v) is 17.0. The van der Waals surface area contributed by atoms with E-state index in [2.05, 4.69) is 16.3 Å². The van der Waals surface area contributed by atoms with Crippen LogP contribution in [0.5, 0.6) is 0 Å². The zero-order valence-electron chi connectivity index (χ0n) is 14.7. The first kappa shape index (κ1) is 19.6. The van der Waals surface area contributed by atoms with E-state index < -0.39 is 0 Å². The summed E-state index contributed by atoms with van der Waals surface area (Å²) >= 11 is 14.0. The molecule has 3 rings (SSSR count). The highest BCUT2D eigenvalue weighted by Crippen LogP contribution is 2.27. The minimum absolute atomic E-state index is 0.114. The summed E-state index contributed by atoms with van der Waals surface area (Å²) < 4.78 is 0. The number of halogens is 2. The summed E-state index contributed by atoms with van der Waals surface area (Å²) in [6, 6.07) is 13.5. The number of nitrogens with one attached hydrogen (secondary N) is 1. The third-order valence-corrected chi connectivity index (χ3v) is 5.98. The van der Waals surface area contributed by atoms with Crippen molar-refractivity contribution in [3.05, 3.63) is 63.6 Å². The first-order chi connectivity index (χ1) is 12.6. The Labute approximate surface area is 169 Å². The lowest BCUT2D eigenvalue weighted by Crippen LogP contribution is -2.36. The van der Waals surface area contributed by atoms with Crippen molar-refractivity contribution in [3.8, 4) is 0 Å². The minimum atomic E-state index is -0.142. The predicted octanol–water partition coefficient (Wildman–Crippen LogP) is 5.28. The van der Waals surface area contributed by atoms with Gasteiger partial charge in [-0.2, -0.15) is 0 Å². The normalized spacial score (nSPS) is 15.8. The molecule has 1 saturated heterocycles. The van der Waals surface area contributed by atoms with Crippen LogP contribution in [0.2, 0.25) is 10.0 Å². The van der Waals surface area contributed by atoms with Crippen LogP contribution >= 0.6 is 35.0 Å². The zero-order chi connectivity index (χ0) is 18.5. The Morgan fingerprint density at radius 1 is 1.19 bits per heavy atom. The molecule has 1 aliphatic rings. The van der Waals surface area contributed by atoms with Crippen molar-refractivity contribution in [1.82, 2.24) is 10.2 Å². The molecule has 0 aromatic heterocycles. The molecule has 2 aromatic rings. The van der Waals surface area contributed by atoms with Crippen LogP contribution in [0.4, 0.5) is 0 Å². The molecule has 26 heavy (non-hydrogen) atoms. The Balaban J connectivity index is 1.76. The van der Waals surface area contributed by atoms with Crippen LogP contribution in [0.1, 0.15) is 34.8 Å². The third kappa shape index (κ3) is 4.74. The molecule has 0 spiro atoms. The number of carbonyl (C=O) groups is 1. The molecule has 0 radical (unpaired) electrons. The van der Waals surface area contributed by atoms with Gasteiger partial charge in [0.2, 0.25) is 0 Å². The monoisotopic (exact) mass is 408 g/mol. The quantitative estimate of drug-likeness (QED) is 0.659. The molecule has 1 fully saturated rings. The lowest BCUT2D eigenvalue weighted by Gasteiger charge is -2.28. The van der Waals surface area contributed by atoms with Crippen LogP contribution in [-0.4, -0.2) is 36.7 Å². The topological polar surface area (TPSA) is 32.3 Å². The molecule has 0 saturated carbocycles. The summed E-state index contributed by atoms with van der Waals surface area (Å²) in [5.74, 6) is -0.142. The second-order valence-corrected chi connectivity index (χ2v) is 8.09. The maximum Gasteiger partial charge on any atom is 0.252 e. The molecular formula is C20H22Cl2N2OS. The van der Waals surface area contributed by atoms with Crippen LogP contribution in [0, 0.1) is 0 Å². The predicted molar refractivity (Wildman–Crippen MR) is 111 cm³/mol. The average molecular weight is 409 g/mol. The second kappa shape index (κ2) is 9.14. The summed E-state index contributed by atoms with van der Waals surface area (Å²) in [5, 5.41) is 4.26. The smallest absolute Gasteiger partial charge is 0.252 e. The fourth-order valence-electron chi connectivity index (χ4n) is 3.31. The van der Waals surface area contributed by atoms with Crippen molar-refractivity contribution < 1.29 is 4.79 Å². The molecule has 1 amide bonds. The molecule has 1 N–H and O–H groups in total. The average Bonchev–Trinajstić information content (AvgIpc) is 3.16. The number of hydrogen-bond donors (Lipinski definition) is 1. The highest BCUT2D eigenvalue weighted by atomic mass is 35.5. The first-order valence-corrected chi connectivity index (χ1v) is 10.7. The van der Waals surface area contributed by atoms with Crippen molar-refractivity contribution in [2.75, 3.05) is 25.9 Å². The Morgan fingerprint density at radius 3 is 2.65 bits per heavy atom. The van der Waals surface area contributed by atoms with E-state index in [1.165, 1.54) is 12.8 Å². The molecule has 1 aliphatic heterocycles. The van der Waals surface area contributed by atoms with Crippen molar-refractivity contribution in [1.29, 1.82) is 0 Å². The molecule has 6 heteroatoms. The van der Waals surface area contributed by atoms with Crippen molar-refractivity contribution >= 4 is 40.9 Å². The fourth-order valence-corrected chi connectivity index (χ4v) is 4.16. The van der Waals surface area contributed by atoms with Gasteiger partial charge in [0, 0.05) is 16.5 Å². The first-order valence-electron chi connectivity index (χ1n) is 8.69. The van der Waals surface area contributed by atoms with E-state index in [4.69, 9.17) is 23.2 Å². The van der Waals surface area contributed by atoms with E-state index >= 15 is 0 Å². The van der Waals surface area contributed by atoms with Gasteiger partial charge >= 0.3 is 0 Å². The molecule has 1 atom stereocenters. The van der Waals surface area contributed by atoms with E-state index in [0.717, 1.165) is 23.5 Å². The third-order valence-electron chi connectivity index (χ3n) is 4.69. The molecule has 1 heterocycles. The molecular weight excluding hydrogens is 387 g/mol. The summed E-state index contributed by atoms with van der Waals surface area (Å²) in [6.45, 7) is 2.60. The largest absolute Gasteiger partial charge is 0.350 e. The summed E-state index contributed by atoms with van der Waals surface area (Å²) in [4.78, 5) is 16.1. The molecule has 2 aromatic carbocycles. The van der Waals surface area contributed by atoms with Gasteiger partial charge in [0.1, 0.15) is 0 Å². The van der Waals surface area contributed by atoms with E-state index in [0.29, 0.717) is 22.2 Å². The SMILES string of the molecule is CSc1ccc(Cl)c(C(=O)NCC(c2cccc(Cl)c2)N2CCCC2)c1. The van der Waals surface area contributed by atoms with Gasteiger partial charge in [-0.05, 0) is 68.1 Å². The van der Waals surface area contributed by atoms with Crippen LogP contribution in [-0.2, 0) is 0 Å². The Morgan fingerprint density at radius 2 is 1.96 bits per heavy atom. The van der Waals surface area contributed by atoms with Gasteiger partial charge in [-0.3, -0.25) is 9.69 Å². The number of carbonyl (C=O) groups excluding carboxylic acids is 1. The van der Waals surface area contributed by atoms with E-state index in [9.17, 15) is 4.79 Å². The maximum atomic E-state index is 12.7. The molecule has 0 aliphatic carbocycles. The van der Waals surface area contributed by atoms with Gasteiger partial charge in [0.25, 0.3) is 5.91 Å². The Hall–Kier alpha value is -1.20. The standard InChI is InChI=1S/C20H22Cl2N2OS/c1-26-16-7-8-18(22)17(12-16)20(25)23-13-19(24-9-2-3-10-24)14-5-4-6-15(21)11-14/h4-8,11-12,19H,2-3,9-10,13H2,1H3,(H,23,25). The van der Waals surface area contributed by atoms with Crippen molar-refractivity contribution in [3.63, 3.8) is 0 Å². The minimum Gasteiger partial charge on any atom is -0.350 e. The lowest BCUT2D eigenvalue weighted by atomic mass is 10.1. The summed E-state index contributed by atoms with van der Waals surface area (Å²) in [6.07, 6.45) is 4.35. The van der Waals surface area contributed by atoms with Crippen LogP contribution in [0.15, 0.2) is 47.4 Å². The van der Waals surface area contributed by atoms with Gasteiger partial charge in [-0.25, -0.2) is 0 Å². The van der Waals surface area contributed by atoms with E-state index in [-0.39, 0.29) is 11.9 Å². The van der Waals surface area contributed by atoms with Gasteiger partial charge in [0.15, 0.2) is 0 Å². The number of hydrogen-bond acceptors (Lipinski definition) is 3. The molecule has 1 unspecified atom stereocenters. The summed E-state index contributed by atoms with van der Waals surface area (Å²) in [5.41, 5.74) is 1.65. The van der Waals surface area contributed by atoms with E-state index in [1.807, 2.05) is 36.6 Å². The maximum absolute atomic E-state index is 12.7. The van der Waals surface area contributed by atoms with Gasteiger partial charge in [-0.1, -0.05) is 35.3 Å². The number of nitrogens with zero attached hydrogens (tertiary/aromatic N) is 1. The fraction of sp³-hybridized carbons (Fsp3) is 0.350. The lowest BCUT2D eigenvalue weighted by molar-refractivity contribution is 0.0938. The number of thioether (sulfide) groups is 1. The van der Waals surface area contributed by atoms with Crippen LogP contribution < -0.4 is 5.32 Å². The van der Waals surface area contributed by atoms with Crippen LogP contribution in [0.25, 0.3) is 0 Å². The highest BCUT2D eigenvalue weighted by molar-refractivity contribution is 7.98. The number of likely N-dealkylation sites (tertiary alicyclic amines) is 1. The molecule has 138 valence electrons.